The topological polar surface area (TPSA) is 52.0 Å². The molecule has 0 bridgehead atoms. The Morgan fingerprint density at radius 2 is 1.48 bits per heavy atom. The van der Waals surface area contributed by atoms with Crippen LogP contribution in [-0.4, -0.2) is 21.9 Å². The second kappa shape index (κ2) is 6.61. The Kier molecular flexibility index (Phi) is 5.52. The molecule has 0 aliphatic rings. The van der Waals surface area contributed by atoms with Crippen LogP contribution in [0.5, 0.6) is 0 Å². The number of nitrogens with zero attached hydrogens (tertiary/aromatic N) is 2. The largest absolute Gasteiger partial charge is 0.416 e. The maximum atomic E-state index is 13.4. The SMILES string of the molecule is O=S(=O)(c1cn(-c2c(Cl)cc(C(F)(F)F)cc2Cl)c(Cl)n1)C(F)(Cl)Cl. The predicted octanol–water partition coefficient (Wildman–Crippen LogP) is 5.68. The first kappa shape index (κ1) is 20.9. The molecule has 0 N–H and O–H groups in total. The third kappa shape index (κ3) is 3.96. The molecule has 1 aromatic heterocycles. The minimum absolute atomic E-state index is 0.302. The molecule has 14 heteroatoms. The predicted molar refractivity (Wildman–Crippen MR) is 86.3 cm³/mol. The fourth-order valence-corrected chi connectivity index (χ4v) is 3.81. The highest BCUT2D eigenvalue weighted by Gasteiger charge is 2.44. The molecule has 2 aromatic rings. The monoisotopic (exact) mass is 478 g/mol. The lowest BCUT2D eigenvalue weighted by Gasteiger charge is -2.13. The maximum absolute atomic E-state index is 13.4. The van der Waals surface area contributed by atoms with E-state index in [2.05, 4.69) is 4.98 Å². The Bertz CT molecular complexity index is 914. The van der Waals surface area contributed by atoms with Gasteiger partial charge in [0.25, 0.3) is 9.84 Å². The van der Waals surface area contributed by atoms with Gasteiger partial charge in [-0.15, -0.1) is 0 Å². The zero-order valence-electron chi connectivity index (χ0n) is 11.3. The number of halogens is 9. The van der Waals surface area contributed by atoms with Gasteiger partial charge < -0.3 is 0 Å². The van der Waals surface area contributed by atoms with Crippen LogP contribution >= 0.6 is 58.0 Å². The van der Waals surface area contributed by atoms with Gasteiger partial charge in [0.15, 0.2) is 5.03 Å². The second-order valence-corrected chi connectivity index (χ2v) is 9.28. The van der Waals surface area contributed by atoms with Gasteiger partial charge in [-0.1, -0.05) is 23.2 Å². The van der Waals surface area contributed by atoms with Crippen molar-refractivity contribution in [1.82, 2.24) is 9.55 Å². The summed E-state index contributed by atoms with van der Waals surface area (Å²) >= 11 is 27.2. The smallest absolute Gasteiger partial charge is 0.286 e. The summed E-state index contributed by atoms with van der Waals surface area (Å²) in [5, 5.41) is -2.57. The molecule has 0 fully saturated rings. The zero-order chi connectivity index (χ0) is 19.4. The summed E-state index contributed by atoms with van der Waals surface area (Å²) in [6.07, 6.45) is -4.05. The Balaban J connectivity index is 2.66. The van der Waals surface area contributed by atoms with Crippen molar-refractivity contribution >= 4 is 67.8 Å². The van der Waals surface area contributed by atoms with E-state index in [9.17, 15) is 26.0 Å². The number of sulfone groups is 1. The van der Waals surface area contributed by atoms with Crippen LogP contribution in [0.25, 0.3) is 5.69 Å². The molecule has 1 aromatic carbocycles. The van der Waals surface area contributed by atoms with Gasteiger partial charge in [0.1, 0.15) is 0 Å². The lowest BCUT2D eigenvalue weighted by atomic mass is 10.2. The molecule has 138 valence electrons. The highest BCUT2D eigenvalue weighted by Crippen LogP contribution is 2.40. The van der Waals surface area contributed by atoms with Gasteiger partial charge in [-0.3, -0.25) is 4.57 Å². The molecular formula is C11H3Cl5F4N2O2S. The summed E-state index contributed by atoms with van der Waals surface area (Å²) in [6, 6.07) is 1.10. The Hall–Kier alpha value is -0.450. The van der Waals surface area contributed by atoms with Crippen molar-refractivity contribution in [1.29, 1.82) is 0 Å². The quantitative estimate of drug-likeness (QED) is 0.419. The fourth-order valence-electron chi connectivity index (χ4n) is 1.70. The average Bonchev–Trinajstić information content (AvgIpc) is 2.78. The van der Waals surface area contributed by atoms with E-state index in [1.165, 1.54) is 0 Å². The third-order valence-electron chi connectivity index (χ3n) is 2.81. The highest BCUT2D eigenvalue weighted by molar-refractivity contribution is 7.95. The molecule has 1 heterocycles. The van der Waals surface area contributed by atoms with E-state index < -0.39 is 45.9 Å². The van der Waals surface area contributed by atoms with Gasteiger partial charge in [0, 0.05) is 6.20 Å². The molecule has 0 amide bonds. The van der Waals surface area contributed by atoms with Crippen LogP contribution in [-0.2, 0) is 16.0 Å². The van der Waals surface area contributed by atoms with Crippen molar-refractivity contribution in [3.05, 3.63) is 39.2 Å². The molecule has 0 radical (unpaired) electrons. The number of benzene rings is 1. The molecule has 0 unspecified atom stereocenters. The summed E-state index contributed by atoms with van der Waals surface area (Å²) in [7, 11) is -4.96. The van der Waals surface area contributed by atoms with E-state index >= 15 is 0 Å². The Morgan fingerprint density at radius 3 is 1.88 bits per heavy atom. The molecule has 4 nitrogen and oxygen atoms in total. The maximum Gasteiger partial charge on any atom is 0.416 e. The summed E-state index contributed by atoms with van der Waals surface area (Å²) in [6.45, 7) is 0. The third-order valence-corrected chi connectivity index (χ3v) is 6.22. The van der Waals surface area contributed by atoms with E-state index in [0.717, 1.165) is 4.57 Å². The van der Waals surface area contributed by atoms with Crippen LogP contribution in [0.3, 0.4) is 0 Å². The second-order valence-electron chi connectivity index (χ2n) is 4.45. The van der Waals surface area contributed by atoms with Crippen molar-refractivity contribution in [2.24, 2.45) is 0 Å². The number of hydrogen-bond acceptors (Lipinski definition) is 3. The molecule has 2 rings (SSSR count). The summed E-state index contributed by atoms with van der Waals surface area (Å²) in [4.78, 5) is 3.37. The number of rotatable bonds is 3. The molecule has 0 saturated carbocycles. The molecule has 0 saturated heterocycles. The average molecular weight is 480 g/mol. The molecule has 0 atom stereocenters. The van der Waals surface area contributed by atoms with Crippen LogP contribution in [0, 0.1) is 0 Å². The molecular weight excluding hydrogens is 477 g/mol. The normalized spacial score (nSPS) is 13.3. The van der Waals surface area contributed by atoms with E-state index in [-0.39, 0.29) is 5.69 Å². The lowest BCUT2D eigenvalue weighted by molar-refractivity contribution is -0.137. The first-order chi connectivity index (χ1) is 11.2. The summed E-state index contributed by atoms with van der Waals surface area (Å²) in [5.41, 5.74) is -1.44. The summed E-state index contributed by atoms with van der Waals surface area (Å²) < 4.78 is 72.3. The van der Waals surface area contributed by atoms with Crippen molar-refractivity contribution in [2.75, 3.05) is 0 Å². The number of aromatic nitrogens is 2. The van der Waals surface area contributed by atoms with Crippen LogP contribution < -0.4 is 0 Å². The standard InChI is InChI=1S/C11H3Cl5F4N2O2S/c12-5-1-4(10(17,18)19)2-6(13)8(5)22-3-7(21-9(22)14)25(23,24)11(15,16)20/h1-3H. The van der Waals surface area contributed by atoms with E-state index in [1.54, 1.807) is 0 Å². The fraction of sp³-hybridized carbons (Fsp3) is 0.182. The van der Waals surface area contributed by atoms with Gasteiger partial charge in [0.05, 0.1) is 21.3 Å². The summed E-state index contributed by atoms with van der Waals surface area (Å²) in [5.74, 6) is 0. The van der Waals surface area contributed by atoms with E-state index in [4.69, 9.17) is 58.0 Å². The minimum Gasteiger partial charge on any atom is -0.286 e. The Morgan fingerprint density at radius 1 is 1.00 bits per heavy atom. The first-order valence-electron chi connectivity index (χ1n) is 5.79. The molecule has 0 aliphatic carbocycles. The number of hydrogen-bond donors (Lipinski definition) is 0. The van der Waals surface area contributed by atoms with Crippen LogP contribution in [0.4, 0.5) is 17.6 Å². The number of imidazole rings is 1. The van der Waals surface area contributed by atoms with Gasteiger partial charge in [-0.05, 0) is 46.9 Å². The lowest BCUT2D eigenvalue weighted by Crippen LogP contribution is -2.21. The van der Waals surface area contributed by atoms with Crippen molar-refractivity contribution in [3.8, 4) is 5.69 Å². The van der Waals surface area contributed by atoms with Crippen LogP contribution in [0.1, 0.15) is 5.56 Å². The van der Waals surface area contributed by atoms with E-state index in [1.807, 2.05) is 0 Å². The first-order valence-corrected chi connectivity index (χ1v) is 9.16. The van der Waals surface area contributed by atoms with Gasteiger partial charge >= 0.3 is 10.1 Å². The number of alkyl halides is 6. The highest BCUT2D eigenvalue weighted by atomic mass is 35.5. The van der Waals surface area contributed by atoms with Crippen LogP contribution in [0.15, 0.2) is 23.4 Å². The van der Waals surface area contributed by atoms with Crippen LogP contribution in [0.2, 0.25) is 15.3 Å². The van der Waals surface area contributed by atoms with Crippen molar-refractivity contribution < 1.29 is 26.0 Å². The molecule has 25 heavy (non-hydrogen) atoms. The van der Waals surface area contributed by atoms with E-state index in [0.29, 0.717) is 18.3 Å². The van der Waals surface area contributed by atoms with Crippen molar-refractivity contribution in [3.63, 3.8) is 0 Å². The molecule has 0 spiro atoms. The molecule has 0 aliphatic heterocycles. The van der Waals surface area contributed by atoms with Gasteiger partial charge in [-0.2, -0.15) is 17.6 Å². The zero-order valence-corrected chi connectivity index (χ0v) is 15.8. The minimum atomic E-state index is -4.96. The van der Waals surface area contributed by atoms with Crippen molar-refractivity contribution in [2.45, 2.75) is 15.1 Å². The van der Waals surface area contributed by atoms with Gasteiger partial charge in [0.2, 0.25) is 5.28 Å². The van der Waals surface area contributed by atoms with Gasteiger partial charge in [-0.25, -0.2) is 13.4 Å². The Labute approximate surface area is 163 Å².